The van der Waals surface area contributed by atoms with Crippen molar-refractivity contribution in [1.29, 1.82) is 0 Å². The molecular formula is C22H23ClN2O3. The number of hydrogen-bond acceptors (Lipinski definition) is 3. The average Bonchev–Trinajstić information content (AvgIpc) is 2.67. The summed E-state index contributed by atoms with van der Waals surface area (Å²) < 4.78 is 0. The molecule has 0 saturated heterocycles. The van der Waals surface area contributed by atoms with Crippen LogP contribution < -0.4 is 10.9 Å². The number of benzene rings is 2. The maximum Gasteiger partial charge on any atom is 0.261 e. The summed E-state index contributed by atoms with van der Waals surface area (Å²) in [5.74, 6) is -0.221. The van der Waals surface area contributed by atoms with Crippen molar-refractivity contribution in [2.45, 2.75) is 26.3 Å². The van der Waals surface area contributed by atoms with Crippen LogP contribution in [0.4, 0.5) is 0 Å². The van der Waals surface area contributed by atoms with Crippen molar-refractivity contribution in [2.24, 2.45) is 5.92 Å². The van der Waals surface area contributed by atoms with E-state index >= 15 is 0 Å². The molecule has 1 aromatic heterocycles. The molecule has 28 heavy (non-hydrogen) atoms. The van der Waals surface area contributed by atoms with Crippen molar-refractivity contribution in [3.8, 4) is 11.1 Å². The summed E-state index contributed by atoms with van der Waals surface area (Å²) in [6, 6.07) is 14.0. The predicted molar refractivity (Wildman–Crippen MR) is 113 cm³/mol. The molecule has 3 rings (SSSR count). The van der Waals surface area contributed by atoms with Gasteiger partial charge in [0.2, 0.25) is 0 Å². The van der Waals surface area contributed by atoms with Gasteiger partial charge in [-0.25, -0.2) is 0 Å². The van der Waals surface area contributed by atoms with E-state index in [-0.39, 0.29) is 12.2 Å². The molecule has 3 aromatic rings. The number of aliphatic hydroxyl groups is 1. The van der Waals surface area contributed by atoms with Crippen LogP contribution in [0.15, 0.2) is 53.3 Å². The smallest absolute Gasteiger partial charge is 0.261 e. The summed E-state index contributed by atoms with van der Waals surface area (Å²) >= 11 is 6.19. The fourth-order valence-electron chi connectivity index (χ4n) is 3.39. The second-order valence-corrected chi connectivity index (χ2v) is 7.68. The third-order valence-corrected chi connectivity index (χ3v) is 4.81. The molecule has 146 valence electrons. The van der Waals surface area contributed by atoms with Crippen molar-refractivity contribution in [3.63, 3.8) is 0 Å². The minimum atomic E-state index is -0.512. The standard InChI is InChI=1S/C22H23ClN2O3/c1-13(2)10-16(12-26)24-21(27)20-19(14-6-4-3-5-7-14)17-11-15(23)8-9-18(17)25-22(20)28/h3-9,11,13,16,26H,10,12H2,1-2H3,(H,24,27)(H,25,28). The van der Waals surface area contributed by atoms with Gasteiger partial charge < -0.3 is 15.4 Å². The van der Waals surface area contributed by atoms with Crippen LogP contribution in [0, 0.1) is 5.92 Å². The molecule has 0 saturated carbocycles. The van der Waals surface area contributed by atoms with Gasteiger partial charge in [0.15, 0.2) is 0 Å². The number of amides is 1. The third kappa shape index (κ3) is 4.26. The maximum atomic E-state index is 13.1. The van der Waals surface area contributed by atoms with Crippen molar-refractivity contribution < 1.29 is 9.90 Å². The lowest BCUT2D eigenvalue weighted by molar-refractivity contribution is 0.0907. The Bertz CT molecular complexity index is 1040. The Labute approximate surface area is 168 Å². The fourth-order valence-corrected chi connectivity index (χ4v) is 3.56. The zero-order valence-electron chi connectivity index (χ0n) is 15.8. The van der Waals surface area contributed by atoms with E-state index in [1.807, 2.05) is 44.2 Å². The monoisotopic (exact) mass is 398 g/mol. The quantitative estimate of drug-likeness (QED) is 0.587. The summed E-state index contributed by atoms with van der Waals surface area (Å²) in [4.78, 5) is 28.7. The zero-order valence-corrected chi connectivity index (χ0v) is 16.6. The third-order valence-electron chi connectivity index (χ3n) is 4.58. The number of pyridine rings is 1. The summed E-state index contributed by atoms with van der Waals surface area (Å²) in [5.41, 5.74) is 1.41. The molecule has 1 amide bonds. The highest BCUT2D eigenvalue weighted by Gasteiger charge is 2.23. The maximum absolute atomic E-state index is 13.1. The van der Waals surface area contributed by atoms with Gasteiger partial charge in [-0.05, 0) is 36.1 Å². The van der Waals surface area contributed by atoms with E-state index in [2.05, 4.69) is 10.3 Å². The molecule has 1 heterocycles. The van der Waals surface area contributed by atoms with Crippen LogP contribution in [0.25, 0.3) is 22.0 Å². The number of carbonyl (C=O) groups is 1. The highest BCUT2D eigenvalue weighted by Crippen LogP contribution is 2.31. The molecular weight excluding hydrogens is 376 g/mol. The first kappa shape index (κ1) is 20.1. The highest BCUT2D eigenvalue weighted by atomic mass is 35.5. The van der Waals surface area contributed by atoms with Crippen LogP contribution in [-0.2, 0) is 0 Å². The van der Waals surface area contributed by atoms with E-state index in [4.69, 9.17) is 11.6 Å². The Morgan fingerprint density at radius 1 is 1.18 bits per heavy atom. The Morgan fingerprint density at radius 3 is 2.54 bits per heavy atom. The van der Waals surface area contributed by atoms with E-state index in [0.717, 1.165) is 5.56 Å². The Morgan fingerprint density at radius 2 is 1.89 bits per heavy atom. The number of nitrogens with one attached hydrogen (secondary N) is 2. The van der Waals surface area contributed by atoms with Crippen molar-refractivity contribution in [2.75, 3.05) is 6.61 Å². The van der Waals surface area contributed by atoms with Gasteiger partial charge in [0, 0.05) is 21.5 Å². The molecule has 2 aromatic carbocycles. The molecule has 5 nitrogen and oxygen atoms in total. The number of fused-ring (bicyclic) bond motifs is 1. The number of aliphatic hydroxyl groups excluding tert-OH is 1. The molecule has 0 aliphatic rings. The van der Waals surface area contributed by atoms with Crippen LogP contribution in [0.2, 0.25) is 5.02 Å². The van der Waals surface area contributed by atoms with Gasteiger partial charge in [-0.15, -0.1) is 0 Å². The number of aromatic amines is 1. The van der Waals surface area contributed by atoms with Crippen molar-refractivity contribution in [3.05, 3.63) is 69.5 Å². The molecule has 3 N–H and O–H groups in total. The number of hydrogen-bond donors (Lipinski definition) is 3. The van der Waals surface area contributed by atoms with Gasteiger partial charge in [-0.3, -0.25) is 9.59 Å². The number of carbonyl (C=O) groups excluding carboxylic acids is 1. The zero-order chi connectivity index (χ0) is 20.3. The Balaban J connectivity index is 2.20. The lowest BCUT2D eigenvalue weighted by Crippen LogP contribution is -2.41. The molecule has 0 spiro atoms. The Hall–Kier alpha value is -2.63. The molecule has 6 heteroatoms. The normalized spacial score (nSPS) is 12.3. The van der Waals surface area contributed by atoms with E-state index in [9.17, 15) is 14.7 Å². The van der Waals surface area contributed by atoms with Gasteiger partial charge in [0.1, 0.15) is 5.56 Å². The van der Waals surface area contributed by atoms with Crippen molar-refractivity contribution >= 4 is 28.4 Å². The van der Waals surface area contributed by atoms with Gasteiger partial charge in [0.25, 0.3) is 11.5 Å². The molecule has 0 fully saturated rings. The first-order chi connectivity index (χ1) is 13.4. The number of halogens is 1. The first-order valence-electron chi connectivity index (χ1n) is 9.23. The Kier molecular flexibility index (Phi) is 6.17. The van der Waals surface area contributed by atoms with Crippen LogP contribution in [0.1, 0.15) is 30.6 Å². The van der Waals surface area contributed by atoms with Crippen molar-refractivity contribution in [1.82, 2.24) is 10.3 Å². The van der Waals surface area contributed by atoms with E-state index < -0.39 is 17.5 Å². The molecule has 1 atom stereocenters. The second-order valence-electron chi connectivity index (χ2n) is 7.24. The lowest BCUT2D eigenvalue weighted by Gasteiger charge is -2.19. The molecule has 0 radical (unpaired) electrons. The van der Waals surface area contributed by atoms with Crippen LogP contribution in [-0.4, -0.2) is 28.6 Å². The lowest BCUT2D eigenvalue weighted by atomic mass is 9.95. The largest absolute Gasteiger partial charge is 0.394 e. The van der Waals surface area contributed by atoms with Gasteiger partial charge >= 0.3 is 0 Å². The molecule has 0 aliphatic heterocycles. The highest BCUT2D eigenvalue weighted by molar-refractivity contribution is 6.31. The first-order valence-corrected chi connectivity index (χ1v) is 9.61. The van der Waals surface area contributed by atoms with Gasteiger partial charge in [-0.1, -0.05) is 55.8 Å². The minimum absolute atomic E-state index is 0.0168. The summed E-state index contributed by atoms with van der Waals surface area (Å²) in [7, 11) is 0. The van der Waals surface area contributed by atoms with E-state index in [1.54, 1.807) is 18.2 Å². The molecule has 0 bridgehead atoms. The molecule has 1 unspecified atom stereocenters. The van der Waals surface area contributed by atoms with E-state index in [1.165, 1.54) is 0 Å². The average molecular weight is 399 g/mol. The van der Waals surface area contributed by atoms with Crippen LogP contribution >= 0.6 is 11.6 Å². The topological polar surface area (TPSA) is 82.2 Å². The molecule has 0 aliphatic carbocycles. The summed E-state index contributed by atoms with van der Waals surface area (Å²) in [5, 5.41) is 13.6. The predicted octanol–water partition coefficient (Wildman–Crippen LogP) is 3.99. The summed E-state index contributed by atoms with van der Waals surface area (Å²) in [6.07, 6.45) is 0.611. The number of rotatable bonds is 6. The number of aromatic nitrogens is 1. The van der Waals surface area contributed by atoms with Crippen LogP contribution in [0.3, 0.4) is 0 Å². The SMILES string of the molecule is CC(C)CC(CO)NC(=O)c1c(-c2ccccc2)c2cc(Cl)ccc2[nH]c1=O. The minimum Gasteiger partial charge on any atom is -0.394 e. The van der Waals surface area contributed by atoms with Gasteiger partial charge in [-0.2, -0.15) is 0 Å². The van der Waals surface area contributed by atoms with Crippen LogP contribution in [0.5, 0.6) is 0 Å². The fraction of sp³-hybridized carbons (Fsp3) is 0.273. The second kappa shape index (κ2) is 8.59. The van der Waals surface area contributed by atoms with Gasteiger partial charge in [0.05, 0.1) is 12.6 Å². The van der Waals surface area contributed by atoms with E-state index in [0.29, 0.717) is 33.8 Å². The number of H-pyrrole nitrogens is 1. The summed E-state index contributed by atoms with van der Waals surface area (Å²) in [6.45, 7) is 3.83.